The van der Waals surface area contributed by atoms with Crippen molar-refractivity contribution in [1.82, 2.24) is 4.90 Å². The van der Waals surface area contributed by atoms with Crippen LogP contribution < -0.4 is 4.74 Å². The van der Waals surface area contributed by atoms with Crippen LogP contribution in [-0.4, -0.2) is 28.3 Å². The van der Waals surface area contributed by atoms with E-state index in [1.54, 1.807) is 24.3 Å². The Morgan fingerprint density at radius 3 is 2.40 bits per heavy atom. The molecule has 1 amide bonds. The van der Waals surface area contributed by atoms with Crippen molar-refractivity contribution < 1.29 is 19.4 Å². The van der Waals surface area contributed by atoms with E-state index in [9.17, 15) is 14.7 Å². The molecule has 2 aromatic carbocycles. The second-order valence-corrected chi connectivity index (χ2v) is 7.86. The summed E-state index contributed by atoms with van der Waals surface area (Å²) in [6, 6.07) is 19.5. The Labute approximate surface area is 178 Å². The van der Waals surface area contributed by atoms with Gasteiger partial charge in [-0.1, -0.05) is 36.4 Å². The van der Waals surface area contributed by atoms with E-state index < -0.39 is 17.7 Å². The van der Waals surface area contributed by atoms with Gasteiger partial charge in [-0.3, -0.25) is 9.59 Å². The maximum Gasteiger partial charge on any atom is 0.295 e. The van der Waals surface area contributed by atoms with Crippen molar-refractivity contribution in [2.24, 2.45) is 0 Å². The van der Waals surface area contributed by atoms with Gasteiger partial charge in [0.1, 0.15) is 11.5 Å². The minimum Gasteiger partial charge on any atom is -0.507 e. The third kappa shape index (κ3) is 3.74. The van der Waals surface area contributed by atoms with Gasteiger partial charge >= 0.3 is 0 Å². The van der Waals surface area contributed by atoms with E-state index in [1.165, 1.54) is 16.2 Å². The molecular formula is C24H21NO4S. The quantitative estimate of drug-likeness (QED) is 0.355. The van der Waals surface area contributed by atoms with E-state index >= 15 is 0 Å². The molecule has 152 valence electrons. The average molecular weight is 420 g/mol. The van der Waals surface area contributed by atoms with Gasteiger partial charge in [0.15, 0.2) is 0 Å². The number of aliphatic hydroxyl groups is 1. The number of ether oxygens (including phenoxy) is 1. The first-order valence-electron chi connectivity index (χ1n) is 9.69. The molecule has 1 aliphatic heterocycles. The van der Waals surface area contributed by atoms with Gasteiger partial charge < -0.3 is 14.7 Å². The van der Waals surface area contributed by atoms with Crippen molar-refractivity contribution in [2.45, 2.75) is 19.5 Å². The average Bonchev–Trinajstić information content (AvgIpc) is 3.38. The molecule has 1 saturated heterocycles. The summed E-state index contributed by atoms with van der Waals surface area (Å²) in [7, 11) is 0. The van der Waals surface area contributed by atoms with Crippen molar-refractivity contribution >= 4 is 28.8 Å². The monoisotopic (exact) mass is 419 g/mol. The van der Waals surface area contributed by atoms with E-state index in [4.69, 9.17) is 4.74 Å². The number of amides is 1. The van der Waals surface area contributed by atoms with Gasteiger partial charge in [-0.25, -0.2) is 0 Å². The molecule has 1 N–H and O–H groups in total. The minimum absolute atomic E-state index is 0.113. The highest BCUT2D eigenvalue weighted by Crippen LogP contribution is 2.41. The minimum atomic E-state index is -0.671. The van der Waals surface area contributed by atoms with E-state index in [0.29, 0.717) is 17.9 Å². The Bertz CT molecular complexity index is 1070. The van der Waals surface area contributed by atoms with Crippen LogP contribution in [0.5, 0.6) is 5.75 Å². The van der Waals surface area contributed by atoms with Crippen LogP contribution >= 0.6 is 11.3 Å². The van der Waals surface area contributed by atoms with Crippen LogP contribution in [0.2, 0.25) is 0 Å². The predicted octanol–water partition coefficient (Wildman–Crippen LogP) is 4.77. The fraction of sp³-hybridized carbons (Fsp3) is 0.167. The third-order valence-electron chi connectivity index (χ3n) is 4.99. The standard InChI is InChI=1S/C24H21NO4S/c1-2-29-18-12-10-17(11-13-18)22(26)20-21(19-9-6-14-30-19)25(24(28)23(20)27)15-16-7-4-3-5-8-16/h3-14,21,26H,2,15H2,1H3/b22-20+. The molecule has 1 aliphatic rings. The van der Waals surface area contributed by atoms with Crippen molar-refractivity contribution in [1.29, 1.82) is 0 Å². The first-order valence-corrected chi connectivity index (χ1v) is 10.6. The van der Waals surface area contributed by atoms with E-state index in [0.717, 1.165) is 10.4 Å². The number of hydrogen-bond donors (Lipinski definition) is 1. The van der Waals surface area contributed by atoms with Crippen LogP contribution in [0.25, 0.3) is 5.76 Å². The number of hydrogen-bond acceptors (Lipinski definition) is 5. The molecule has 5 nitrogen and oxygen atoms in total. The molecule has 2 heterocycles. The summed E-state index contributed by atoms with van der Waals surface area (Å²) in [4.78, 5) is 28.2. The van der Waals surface area contributed by atoms with Gasteiger partial charge in [0.25, 0.3) is 11.7 Å². The Hall–Kier alpha value is -3.38. The second kappa shape index (κ2) is 8.55. The molecule has 0 aliphatic carbocycles. The molecule has 0 saturated carbocycles. The first kappa shape index (κ1) is 19.9. The van der Waals surface area contributed by atoms with Gasteiger partial charge in [0, 0.05) is 17.0 Å². The van der Waals surface area contributed by atoms with Crippen molar-refractivity contribution in [2.75, 3.05) is 6.61 Å². The molecule has 0 bridgehead atoms. The number of nitrogens with zero attached hydrogens (tertiary/aromatic N) is 1. The number of benzene rings is 2. The normalized spacial score (nSPS) is 18.0. The van der Waals surface area contributed by atoms with Crippen LogP contribution in [-0.2, 0) is 16.1 Å². The van der Waals surface area contributed by atoms with Crippen molar-refractivity contribution in [3.05, 3.63) is 93.7 Å². The molecule has 1 fully saturated rings. The van der Waals surface area contributed by atoms with Crippen molar-refractivity contribution in [3.8, 4) is 5.75 Å². The summed E-state index contributed by atoms with van der Waals surface area (Å²) in [5.41, 5.74) is 1.50. The Balaban J connectivity index is 1.78. The summed E-state index contributed by atoms with van der Waals surface area (Å²) in [5, 5.41) is 12.9. The number of thiophene rings is 1. The molecule has 0 spiro atoms. The molecule has 1 aromatic heterocycles. The lowest BCUT2D eigenvalue weighted by molar-refractivity contribution is -0.140. The Kier molecular flexibility index (Phi) is 5.68. The zero-order valence-corrected chi connectivity index (χ0v) is 17.3. The highest BCUT2D eigenvalue weighted by Gasteiger charge is 2.46. The molecule has 1 unspecified atom stereocenters. The Morgan fingerprint density at radius 2 is 1.77 bits per heavy atom. The second-order valence-electron chi connectivity index (χ2n) is 6.89. The number of aliphatic hydroxyl groups excluding tert-OH is 1. The first-order chi connectivity index (χ1) is 14.6. The molecule has 30 heavy (non-hydrogen) atoms. The maximum atomic E-state index is 13.0. The van der Waals surface area contributed by atoms with Crippen LogP contribution in [0.1, 0.15) is 29.0 Å². The van der Waals surface area contributed by atoms with Crippen LogP contribution in [0.4, 0.5) is 0 Å². The van der Waals surface area contributed by atoms with Gasteiger partial charge in [0.05, 0.1) is 18.2 Å². The molecule has 3 aromatic rings. The smallest absolute Gasteiger partial charge is 0.295 e. The lowest BCUT2D eigenvalue weighted by Gasteiger charge is -2.24. The molecule has 6 heteroatoms. The fourth-order valence-electron chi connectivity index (χ4n) is 3.60. The number of Topliss-reactive ketones (excluding diaryl/α,β-unsaturated/α-hetero) is 1. The molecule has 4 rings (SSSR count). The van der Waals surface area contributed by atoms with Gasteiger partial charge in [-0.2, -0.15) is 0 Å². The largest absolute Gasteiger partial charge is 0.507 e. The number of carbonyl (C=O) groups is 2. The number of ketones is 1. The van der Waals surface area contributed by atoms with E-state index in [2.05, 4.69) is 0 Å². The zero-order valence-electron chi connectivity index (χ0n) is 16.4. The molecule has 0 radical (unpaired) electrons. The number of carbonyl (C=O) groups excluding carboxylic acids is 2. The molecule has 1 atom stereocenters. The van der Waals surface area contributed by atoms with Crippen LogP contribution in [0.15, 0.2) is 77.7 Å². The molecular weight excluding hydrogens is 398 g/mol. The SMILES string of the molecule is CCOc1ccc(/C(O)=C2\C(=O)C(=O)N(Cc3ccccc3)C2c2cccs2)cc1. The van der Waals surface area contributed by atoms with Gasteiger partial charge in [-0.05, 0) is 48.2 Å². The van der Waals surface area contributed by atoms with Crippen molar-refractivity contribution in [3.63, 3.8) is 0 Å². The summed E-state index contributed by atoms with van der Waals surface area (Å²) in [6.07, 6.45) is 0. The van der Waals surface area contributed by atoms with Crippen LogP contribution in [0, 0.1) is 0 Å². The zero-order chi connectivity index (χ0) is 21.1. The summed E-state index contributed by atoms with van der Waals surface area (Å²) >= 11 is 1.45. The summed E-state index contributed by atoms with van der Waals surface area (Å²) < 4.78 is 5.44. The van der Waals surface area contributed by atoms with Gasteiger partial charge in [-0.15, -0.1) is 11.3 Å². The van der Waals surface area contributed by atoms with Gasteiger partial charge in [0.2, 0.25) is 0 Å². The number of likely N-dealkylation sites (tertiary alicyclic amines) is 1. The highest BCUT2D eigenvalue weighted by molar-refractivity contribution is 7.10. The summed E-state index contributed by atoms with van der Waals surface area (Å²) in [6.45, 7) is 2.71. The third-order valence-corrected chi connectivity index (χ3v) is 5.91. The Morgan fingerprint density at radius 1 is 1.03 bits per heavy atom. The van der Waals surface area contributed by atoms with E-state index in [1.807, 2.05) is 54.8 Å². The maximum absolute atomic E-state index is 13.0. The number of rotatable bonds is 6. The lowest BCUT2D eigenvalue weighted by Crippen LogP contribution is -2.28. The predicted molar refractivity (Wildman–Crippen MR) is 116 cm³/mol. The topological polar surface area (TPSA) is 66.8 Å². The van der Waals surface area contributed by atoms with Crippen LogP contribution in [0.3, 0.4) is 0 Å². The van der Waals surface area contributed by atoms with E-state index in [-0.39, 0.29) is 17.9 Å². The fourth-order valence-corrected chi connectivity index (χ4v) is 4.44. The highest BCUT2D eigenvalue weighted by atomic mass is 32.1. The summed E-state index contributed by atoms with van der Waals surface area (Å²) in [5.74, 6) is -0.779. The lowest BCUT2D eigenvalue weighted by atomic mass is 9.99.